The van der Waals surface area contributed by atoms with E-state index in [4.69, 9.17) is 0 Å². The van der Waals surface area contributed by atoms with Crippen LogP contribution in [0.1, 0.15) is 13.8 Å². The Balaban J connectivity index is 2.59. The van der Waals surface area contributed by atoms with E-state index in [-0.39, 0.29) is 11.1 Å². The van der Waals surface area contributed by atoms with E-state index < -0.39 is 46.5 Å². The number of Topliss-reactive ketones (excluding diaryl/α,β-unsaturated/α-hetero) is 2. The minimum atomic E-state index is -1.08. The quantitative estimate of drug-likeness (QED) is 0.540. The number of ketones is 4. The van der Waals surface area contributed by atoms with Crippen molar-refractivity contribution in [2.75, 3.05) is 0 Å². The zero-order valence-electron chi connectivity index (χ0n) is 10.8. The van der Waals surface area contributed by atoms with Crippen LogP contribution in [0.3, 0.4) is 0 Å². The van der Waals surface area contributed by atoms with Crippen molar-refractivity contribution in [3.05, 3.63) is 34.8 Å². The molecule has 0 bridgehead atoms. The van der Waals surface area contributed by atoms with Crippen LogP contribution >= 0.6 is 0 Å². The van der Waals surface area contributed by atoms with Gasteiger partial charge in [-0.25, -0.2) is 0 Å². The first-order valence-corrected chi connectivity index (χ1v) is 5.95. The molecule has 0 aromatic rings. The van der Waals surface area contributed by atoms with Gasteiger partial charge in [0.2, 0.25) is 17.3 Å². The molecule has 2 N–H and O–H groups in total. The molecule has 2 aliphatic carbocycles. The number of allylic oxidation sites excluding steroid dienone is 5. The summed E-state index contributed by atoms with van der Waals surface area (Å²) in [5.41, 5.74) is -0.0769. The molecule has 6 nitrogen and oxygen atoms in total. The van der Waals surface area contributed by atoms with Crippen LogP contribution in [-0.2, 0) is 19.2 Å². The predicted octanol–water partition coefficient (Wildman–Crippen LogP) is 0.743. The third kappa shape index (κ3) is 1.89. The lowest BCUT2D eigenvalue weighted by molar-refractivity contribution is -0.132. The van der Waals surface area contributed by atoms with Crippen molar-refractivity contribution in [1.29, 1.82) is 0 Å². The molecule has 0 aromatic heterocycles. The van der Waals surface area contributed by atoms with E-state index in [2.05, 4.69) is 0 Å². The Labute approximate surface area is 114 Å². The first kappa shape index (κ1) is 13.9. The van der Waals surface area contributed by atoms with Gasteiger partial charge in [0, 0.05) is 29.2 Å². The molecule has 20 heavy (non-hydrogen) atoms. The molecule has 2 rings (SSSR count). The number of aliphatic hydroxyl groups excluding tert-OH is 2. The summed E-state index contributed by atoms with van der Waals surface area (Å²) in [4.78, 5) is 46.7. The first-order chi connectivity index (χ1) is 9.25. The van der Waals surface area contributed by atoms with Gasteiger partial charge in [0.25, 0.3) is 0 Å². The number of hydrogen-bond acceptors (Lipinski definition) is 6. The zero-order valence-corrected chi connectivity index (χ0v) is 10.8. The van der Waals surface area contributed by atoms with Crippen LogP contribution in [0.25, 0.3) is 0 Å². The highest BCUT2D eigenvalue weighted by atomic mass is 16.3. The van der Waals surface area contributed by atoms with E-state index in [1.54, 1.807) is 0 Å². The lowest BCUT2D eigenvalue weighted by Crippen LogP contribution is -2.37. The molecule has 0 radical (unpaired) electrons. The zero-order chi connectivity index (χ0) is 15.2. The highest BCUT2D eigenvalue weighted by molar-refractivity contribution is 6.48. The molecule has 2 aliphatic rings. The van der Waals surface area contributed by atoms with Crippen LogP contribution in [0, 0.1) is 11.8 Å². The maximum absolute atomic E-state index is 12.0. The monoisotopic (exact) mass is 276 g/mol. The van der Waals surface area contributed by atoms with Crippen LogP contribution in [0.15, 0.2) is 34.8 Å². The average Bonchev–Trinajstić information content (AvgIpc) is 2.37. The van der Waals surface area contributed by atoms with Crippen molar-refractivity contribution in [3.8, 4) is 0 Å². The molecule has 6 heteroatoms. The summed E-state index contributed by atoms with van der Waals surface area (Å²) >= 11 is 0. The summed E-state index contributed by atoms with van der Waals surface area (Å²) in [5.74, 6) is -6.05. The Morgan fingerprint density at radius 2 is 1.60 bits per heavy atom. The molecule has 0 saturated heterocycles. The summed E-state index contributed by atoms with van der Waals surface area (Å²) in [6.07, 6.45) is 1.52. The van der Waals surface area contributed by atoms with Crippen molar-refractivity contribution < 1.29 is 29.4 Å². The van der Waals surface area contributed by atoms with E-state index in [0.717, 1.165) is 12.2 Å². The molecule has 104 valence electrons. The Kier molecular flexibility index (Phi) is 3.17. The second-order valence-electron chi connectivity index (χ2n) is 4.82. The fourth-order valence-electron chi connectivity index (χ4n) is 2.48. The first-order valence-electron chi connectivity index (χ1n) is 5.95. The van der Waals surface area contributed by atoms with Gasteiger partial charge in [0.15, 0.2) is 11.5 Å². The van der Waals surface area contributed by atoms with Gasteiger partial charge in [0.05, 0.1) is 5.92 Å². The summed E-state index contributed by atoms with van der Waals surface area (Å²) in [6.45, 7) is 2.74. The van der Waals surface area contributed by atoms with E-state index in [9.17, 15) is 29.4 Å². The number of carbonyl (C=O) groups excluding carboxylic acids is 4. The standard InChI is InChI=1S/C14H12O6/c1-5-11(7(15)3-9(17)13(5)19)12-6(2)14(20)10(18)4-8(12)16/h3-5,11,16-17H,1-2H3. The Morgan fingerprint density at radius 1 is 1.00 bits per heavy atom. The second kappa shape index (κ2) is 4.56. The van der Waals surface area contributed by atoms with Gasteiger partial charge < -0.3 is 10.2 Å². The third-order valence-electron chi connectivity index (χ3n) is 3.57. The largest absolute Gasteiger partial charge is 0.507 e. The number of aliphatic hydroxyl groups is 2. The van der Waals surface area contributed by atoms with Crippen molar-refractivity contribution in [1.82, 2.24) is 0 Å². The molecule has 0 fully saturated rings. The lowest BCUT2D eigenvalue weighted by Gasteiger charge is -2.28. The van der Waals surface area contributed by atoms with Crippen molar-refractivity contribution in [2.45, 2.75) is 13.8 Å². The SMILES string of the molecule is CC1=C(C2C(=O)C=C(O)C(=O)C2C)C(O)=CC(=O)C1=O. The van der Waals surface area contributed by atoms with Crippen molar-refractivity contribution in [3.63, 3.8) is 0 Å². The third-order valence-corrected chi connectivity index (χ3v) is 3.57. The molecule has 2 atom stereocenters. The normalized spacial score (nSPS) is 27.7. The fraction of sp³-hybridized carbons (Fsp3) is 0.286. The Bertz CT molecular complexity index is 647. The molecule has 0 amide bonds. The molecule has 0 heterocycles. The predicted molar refractivity (Wildman–Crippen MR) is 66.8 cm³/mol. The van der Waals surface area contributed by atoms with Gasteiger partial charge in [-0.2, -0.15) is 0 Å². The van der Waals surface area contributed by atoms with Crippen LogP contribution < -0.4 is 0 Å². The van der Waals surface area contributed by atoms with E-state index in [0.29, 0.717) is 0 Å². The molecule has 0 aromatic carbocycles. The van der Waals surface area contributed by atoms with E-state index in [1.807, 2.05) is 0 Å². The van der Waals surface area contributed by atoms with Crippen LogP contribution in [0.2, 0.25) is 0 Å². The molecule has 0 aliphatic heterocycles. The Morgan fingerprint density at radius 3 is 2.20 bits per heavy atom. The van der Waals surface area contributed by atoms with Gasteiger partial charge >= 0.3 is 0 Å². The minimum absolute atomic E-state index is 0.0239. The lowest BCUT2D eigenvalue weighted by atomic mass is 9.73. The van der Waals surface area contributed by atoms with Gasteiger partial charge in [-0.05, 0) is 6.92 Å². The Hall–Kier alpha value is -2.50. The molecular formula is C14H12O6. The number of hydrogen-bond donors (Lipinski definition) is 2. The minimum Gasteiger partial charge on any atom is -0.507 e. The summed E-state index contributed by atoms with van der Waals surface area (Å²) in [5, 5.41) is 19.2. The van der Waals surface area contributed by atoms with E-state index >= 15 is 0 Å². The summed E-state index contributed by atoms with van der Waals surface area (Å²) in [6, 6.07) is 0. The molecule has 0 spiro atoms. The van der Waals surface area contributed by atoms with Gasteiger partial charge in [-0.1, -0.05) is 6.92 Å². The molecular weight excluding hydrogens is 264 g/mol. The van der Waals surface area contributed by atoms with Crippen LogP contribution in [-0.4, -0.2) is 33.3 Å². The summed E-state index contributed by atoms with van der Waals surface area (Å²) < 4.78 is 0. The van der Waals surface area contributed by atoms with Crippen LogP contribution in [0.4, 0.5) is 0 Å². The maximum atomic E-state index is 12.0. The summed E-state index contributed by atoms with van der Waals surface area (Å²) in [7, 11) is 0. The highest BCUT2D eigenvalue weighted by Crippen LogP contribution is 2.35. The van der Waals surface area contributed by atoms with Crippen molar-refractivity contribution in [2.24, 2.45) is 11.8 Å². The fourth-order valence-corrected chi connectivity index (χ4v) is 2.48. The second-order valence-corrected chi connectivity index (χ2v) is 4.82. The number of rotatable bonds is 1. The maximum Gasteiger partial charge on any atom is 0.229 e. The topological polar surface area (TPSA) is 109 Å². The average molecular weight is 276 g/mol. The smallest absolute Gasteiger partial charge is 0.229 e. The molecule has 0 saturated carbocycles. The van der Waals surface area contributed by atoms with Crippen LogP contribution in [0.5, 0.6) is 0 Å². The highest BCUT2D eigenvalue weighted by Gasteiger charge is 2.42. The van der Waals surface area contributed by atoms with Gasteiger partial charge in [0.1, 0.15) is 5.76 Å². The van der Waals surface area contributed by atoms with Crippen molar-refractivity contribution >= 4 is 23.1 Å². The number of carbonyl (C=O) groups is 4. The van der Waals surface area contributed by atoms with E-state index in [1.165, 1.54) is 13.8 Å². The van der Waals surface area contributed by atoms with Gasteiger partial charge in [-0.15, -0.1) is 0 Å². The van der Waals surface area contributed by atoms with Gasteiger partial charge in [-0.3, -0.25) is 19.2 Å². The molecule has 2 unspecified atom stereocenters.